The van der Waals surface area contributed by atoms with E-state index in [2.05, 4.69) is 27.9 Å². The number of carbonyl (C=O) groups is 1. The zero-order valence-corrected chi connectivity index (χ0v) is 12.7. The van der Waals surface area contributed by atoms with Crippen LogP contribution >= 0.6 is 0 Å². The Morgan fingerprint density at radius 3 is 2.62 bits per heavy atom. The first-order valence-corrected chi connectivity index (χ1v) is 7.83. The first kappa shape index (κ1) is 14.1. The molecule has 1 saturated carbocycles. The minimum atomic E-state index is 0.138. The standard InChI is InChI=1S/C15H23N5O/c1-3-16-13-9(2)14(20-15(19-13)10-4-5-10)18-11-6-7-12(21)17-8-11/h10-11H,3-8H2,1-2H3,(H,17,21)(H2,16,18,19,20). The van der Waals surface area contributed by atoms with Crippen molar-refractivity contribution >= 4 is 17.5 Å². The number of anilines is 2. The van der Waals surface area contributed by atoms with Crippen molar-refractivity contribution in [1.82, 2.24) is 15.3 Å². The molecule has 2 fully saturated rings. The van der Waals surface area contributed by atoms with Gasteiger partial charge in [0.15, 0.2) is 0 Å². The van der Waals surface area contributed by atoms with Gasteiger partial charge in [-0.15, -0.1) is 0 Å². The van der Waals surface area contributed by atoms with E-state index in [9.17, 15) is 4.79 Å². The van der Waals surface area contributed by atoms with Crippen molar-refractivity contribution < 1.29 is 4.79 Å². The van der Waals surface area contributed by atoms with E-state index in [4.69, 9.17) is 4.98 Å². The smallest absolute Gasteiger partial charge is 0.220 e. The SMILES string of the molecule is CCNc1nc(C2CC2)nc(NC2CCC(=O)NC2)c1C. The van der Waals surface area contributed by atoms with Crippen molar-refractivity contribution in [2.45, 2.75) is 51.5 Å². The van der Waals surface area contributed by atoms with E-state index in [-0.39, 0.29) is 11.9 Å². The lowest BCUT2D eigenvalue weighted by molar-refractivity contribution is -0.122. The molecule has 1 atom stereocenters. The van der Waals surface area contributed by atoms with Crippen molar-refractivity contribution in [1.29, 1.82) is 0 Å². The summed E-state index contributed by atoms with van der Waals surface area (Å²) in [6.45, 7) is 5.62. The minimum absolute atomic E-state index is 0.138. The summed E-state index contributed by atoms with van der Waals surface area (Å²) in [6.07, 6.45) is 3.81. The topological polar surface area (TPSA) is 78.9 Å². The Morgan fingerprint density at radius 1 is 1.24 bits per heavy atom. The van der Waals surface area contributed by atoms with Crippen LogP contribution in [0.2, 0.25) is 0 Å². The van der Waals surface area contributed by atoms with Crippen molar-refractivity contribution in [3.8, 4) is 0 Å². The molecule has 21 heavy (non-hydrogen) atoms. The molecule has 1 amide bonds. The highest BCUT2D eigenvalue weighted by Crippen LogP contribution is 2.39. The van der Waals surface area contributed by atoms with E-state index in [0.717, 1.165) is 36.0 Å². The van der Waals surface area contributed by atoms with Gasteiger partial charge in [-0.1, -0.05) is 0 Å². The van der Waals surface area contributed by atoms with Crippen LogP contribution in [0, 0.1) is 6.92 Å². The maximum Gasteiger partial charge on any atom is 0.220 e. The van der Waals surface area contributed by atoms with Gasteiger partial charge in [-0.25, -0.2) is 9.97 Å². The summed E-state index contributed by atoms with van der Waals surface area (Å²) in [7, 11) is 0. The second-order valence-corrected chi connectivity index (χ2v) is 5.89. The maximum atomic E-state index is 11.2. The number of aromatic nitrogens is 2. The van der Waals surface area contributed by atoms with Crippen LogP contribution in [0.3, 0.4) is 0 Å². The van der Waals surface area contributed by atoms with E-state index in [0.29, 0.717) is 18.9 Å². The molecule has 3 N–H and O–H groups in total. The Hall–Kier alpha value is -1.85. The fourth-order valence-corrected chi connectivity index (χ4v) is 2.59. The Morgan fingerprint density at radius 2 is 2.00 bits per heavy atom. The predicted octanol–water partition coefficient (Wildman–Crippen LogP) is 1.78. The zero-order chi connectivity index (χ0) is 14.8. The van der Waals surface area contributed by atoms with Crippen LogP contribution in [0.1, 0.15) is 49.9 Å². The molecule has 2 heterocycles. The lowest BCUT2D eigenvalue weighted by Gasteiger charge is -2.25. The molecule has 0 aromatic carbocycles. The van der Waals surface area contributed by atoms with Crippen molar-refractivity contribution in [3.05, 3.63) is 11.4 Å². The molecule has 3 rings (SSSR count). The highest BCUT2D eigenvalue weighted by molar-refractivity contribution is 5.77. The Balaban J connectivity index is 1.80. The Bertz CT molecular complexity index is 531. The predicted molar refractivity (Wildman–Crippen MR) is 82.6 cm³/mol. The third kappa shape index (κ3) is 3.25. The van der Waals surface area contributed by atoms with Crippen LogP contribution in [0.25, 0.3) is 0 Å². The van der Waals surface area contributed by atoms with Gasteiger partial charge in [-0.3, -0.25) is 4.79 Å². The summed E-state index contributed by atoms with van der Waals surface area (Å²) in [5.41, 5.74) is 1.05. The van der Waals surface area contributed by atoms with Gasteiger partial charge in [-0.2, -0.15) is 0 Å². The molecule has 1 saturated heterocycles. The van der Waals surface area contributed by atoms with Gasteiger partial charge >= 0.3 is 0 Å². The molecule has 6 nitrogen and oxygen atoms in total. The largest absolute Gasteiger partial charge is 0.370 e. The highest BCUT2D eigenvalue weighted by atomic mass is 16.1. The summed E-state index contributed by atoms with van der Waals surface area (Å²) in [4.78, 5) is 20.6. The van der Waals surface area contributed by atoms with Gasteiger partial charge in [0.2, 0.25) is 5.91 Å². The van der Waals surface area contributed by atoms with Gasteiger partial charge in [-0.05, 0) is 33.1 Å². The quantitative estimate of drug-likeness (QED) is 0.770. The van der Waals surface area contributed by atoms with Crippen LogP contribution < -0.4 is 16.0 Å². The number of amides is 1. The number of hydrogen-bond acceptors (Lipinski definition) is 5. The fourth-order valence-electron chi connectivity index (χ4n) is 2.59. The lowest BCUT2D eigenvalue weighted by Crippen LogP contribution is -2.42. The molecular formula is C15H23N5O. The monoisotopic (exact) mass is 289 g/mol. The molecule has 1 aliphatic carbocycles. The Kier molecular flexibility index (Phi) is 3.94. The van der Waals surface area contributed by atoms with Crippen LogP contribution in [0.4, 0.5) is 11.6 Å². The van der Waals surface area contributed by atoms with Gasteiger partial charge in [0.1, 0.15) is 17.5 Å². The average Bonchev–Trinajstić information content (AvgIpc) is 3.30. The lowest BCUT2D eigenvalue weighted by atomic mass is 10.1. The normalized spacial score (nSPS) is 21.8. The Labute approximate surface area is 125 Å². The molecule has 2 aliphatic rings. The van der Waals surface area contributed by atoms with Crippen LogP contribution in [-0.4, -0.2) is 35.0 Å². The number of nitrogens with one attached hydrogen (secondary N) is 3. The first-order valence-electron chi connectivity index (χ1n) is 7.83. The van der Waals surface area contributed by atoms with E-state index in [1.165, 1.54) is 12.8 Å². The van der Waals surface area contributed by atoms with E-state index < -0.39 is 0 Å². The number of rotatable bonds is 5. The van der Waals surface area contributed by atoms with E-state index >= 15 is 0 Å². The first-order chi connectivity index (χ1) is 10.2. The fraction of sp³-hybridized carbons (Fsp3) is 0.667. The van der Waals surface area contributed by atoms with Crippen molar-refractivity contribution in [3.63, 3.8) is 0 Å². The van der Waals surface area contributed by atoms with E-state index in [1.807, 2.05) is 6.92 Å². The van der Waals surface area contributed by atoms with Gasteiger partial charge in [0, 0.05) is 37.0 Å². The number of hydrogen-bond donors (Lipinski definition) is 3. The van der Waals surface area contributed by atoms with Gasteiger partial charge < -0.3 is 16.0 Å². The summed E-state index contributed by atoms with van der Waals surface area (Å²) >= 11 is 0. The van der Waals surface area contributed by atoms with Gasteiger partial charge in [0.05, 0.1) is 0 Å². The zero-order valence-electron chi connectivity index (χ0n) is 12.7. The molecule has 0 bridgehead atoms. The summed E-state index contributed by atoms with van der Waals surface area (Å²) < 4.78 is 0. The molecule has 1 aromatic rings. The number of carbonyl (C=O) groups excluding carboxylic acids is 1. The number of piperidine rings is 1. The minimum Gasteiger partial charge on any atom is -0.370 e. The third-order valence-electron chi connectivity index (χ3n) is 4.06. The summed E-state index contributed by atoms with van der Waals surface area (Å²) in [6, 6.07) is 0.248. The van der Waals surface area contributed by atoms with Crippen LogP contribution in [-0.2, 0) is 4.79 Å². The van der Waals surface area contributed by atoms with Crippen LogP contribution in [0.5, 0.6) is 0 Å². The van der Waals surface area contributed by atoms with Gasteiger partial charge in [0.25, 0.3) is 0 Å². The van der Waals surface area contributed by atoms with Crippen molar-refractivity contribution in [2.75, 3.05) is 23.7 Å². The molecule has 1 aliphatic heterocycles. The molecule has 6 heteroatoms. The number of nitrogens with zero attached hydrogens (tertiary/aromatic N) is 2. The summed E-state index contributed by atoms with van der Waals surface area (Å²) in [5, 5.41) is 9.71. The maximum absolute atomic E-state index is 11.2. The van der Waals surface area contributed by atoms with Crippen LogP contribution in [0.15, 0.2) is 0 Å². The van der Waals surface area contributed by atoms with E-state index in [1.54, 1.807) is 0 Å². The molecular weight excluding hydrogens is 266 g/mol. The average molecular weight is 289 g/mol. The third-order valence-corrected chi connectivity index (χ3v) is 4.06. The molecule has 1 unspecified atom stereocenters. The summed E-state index contributed by atoms with van der Waals surface area (Å²) in [5.74, 6) is 3.44. The highest BCUT2D eigenvalue weighted by Gasteiger charge is 2.29. The molecule has 0 spiro atoms. The molecule has 114 valence electrons. The second kappa shape index (κ2) is 5.87. The second-order valence-electron chi connectivity index (χ2n) is 5.89. The molecule has 1 aromatic heterocycles. The molecule has 0 radical (unpaired) electrons. The van der Waals surface area contributed by atoms with Crippen molar-refractivity contribution in [2.24, 2.45) is 0 Å².